The van der Waals surface area contributed by atoms with E-state index in [1.165, 1.54) is 78.7 Å². The van der Waals surface area contributed by atoms with Crippen LogP contribution in [0.15, 0.2) is 64.1 Å². The average Bonchev–Trinajstić information content (AvgIpc) is 4.04. The summed E-state index contributed by atoms with van der Waals surface area (Å²) in [5, 5.41) is 60.5. The second kappa shape index (κ2) is 19.6. The second-order valence-corrected chi connectivity index (χ2v) is 20.0. The Morgan fingerprint density at radius 3 is 1.95 bits per heavy atom. The molecular formula is C44H50N6O14S2. The number of hydrogen-bond acceptors (Lipinski definition) is 15. The molecule has 1 unspecified atom stereocenters. The van der Waals surface area contributed by atoms with Crippen molar-refractivity contribution in [3.63, 3.8) is 0 Å². The van der Waals surface area contributed by atoms with Gasteiger partial charge in [0.05, 0.1) is 52.6 Å². The van der Waals surface area contributed by atoms with Gasteiger partial charge in [-0.05, 0) is 69.0 Å². The summed E-state index contributed by atoms with van der Waals surface area (Å²) in [5.74, 6) is -10.4. The van der Waals surface area contributed by atoms with Crippen molar-refractivity contribution in [1.82, 2.24) is 15.5 Å². The van der Waals surface area contributed by atoms with Crippen LogP contribution in [0.4, 0.5) is 11.4 Å². The summed E-state index contributed by atoms with van der Waals surface area (Å²) in [6, 6.07) is 8.73. The molecule has 0 aliphatic carbocycles. The summed E-state index contributed by atoms with van der Waals surface area (Å²) >= 11 is 2.56. The lowest BCUT2D eigenvalue weighted by molar-refractivity contribution is -0.163. The fraction of sp³-hybridized carbons (Fsp3) is 0.477. The Labute approximate surface area is 386 Å². The van der Waals surface area contributed by atoms with Gasteiger partial charge in [-0.1, -0.05) is 26.0 Å². The van der Waals surface area contributed by atoms with E-state index in [0.717, 1.165) is 0 Å². The van der Waals surface area contributed by atoms with Gasteiger partial charge in [-0.2, -0.15) is 0 Å². The third-order valence-corrected chi connectivity index (χ3v) is 15.9. The summed E-state index contributed by atoms with van der Waals surface area (Å²) < 4.78 is 5.67. The van der Waals surface area contributed by atoms with Gasteiger partial charge in [0, 0.05) is 45.8 Å². The number of fused-ring (bicyclic) bond motifs is 1. The van der Waals surface area contributed by atoms with Gasteiger partial charge in [0.2, 0.25) is 17.7 Å². The van der Waals surface area contributed by atoms with Crippen LogP contribution in [0.25, 0.3) is 0 Å². The topological polar surface area (TPSA) is 311 Å². The molecule has 0 radical (unpaired) electrons. The number of aliphatic hydroxyl groups is 1. The van der Waals surface area contributed by atoms with E-state index in [1.54, 1.807) is 19.1 Å². The normalized spacial score (nSPS) is 29.3. The minimum absolute atomic E-state index is 0.000756. The number of carboxylic acids is 4. The summed E-state index contributed by atoms with van der Waals surface area (Å²) in [5.41, 5.74) is 0.209. The minimum Gasteiger partial charge on any atom is -0.481 e. The molecule has 0 aromatic heterocycles. The van der Waals surface area contributed by atoms with E-state index in [2.05, 4.69) is 26.3 Å². The van der Waals surface area contributed by atoms with Crippen LogP contribution in [-0.2, 0) is 33.5 Å². The molecule has 13 atom stereocenters. The van der Waals surface area contributed by atoms with E-state index >= 15 is 0 Å². The van der Waals surface area contributed by atoms with Crippen molar-refractivity contribution >= 4 is 88.2 Å². The zero-order valence-corrected chi connectivity index (χ0v) is 37.7. The summed E-state index contributed by atoms with van der Waals surface area (Å²) in [6.07, 6.45) is -1.60. The molecule has 20 nitrogen and oxygen atoms in total. The van der Waals surface area contributed by atoms with Crippen LogP contribution >= 0.6 is 23.5 Å². The molecule has 352 valence electrons. The van der Waals surface area contributed by atoms with Crippen LogP contribution in [0.3, 0.4) is 0 Å². The molecule has 2 aromatic carbocycles. The van der Waals surface area contributed by atoms with Gasteiger partial charge in [0.25, 0.3) is 0 Å². The van der Waals surface area contributed by atoms with Gasteiger partial charge in [0.15, 0.2) is 0 Å². The number of aromatic carboxylic acids is 1. The highest BCUT2D eigenvalue weighted by Gasteiger charge is 2.60. The second-order valence-electron chi connectivity index (χ2n) is 17.2. The number of benzene rings is 2. The first kappa shape index (κ1) is 48.1. The van der Waals surface area contributed by atoms with Gasteiger partial charge in [-0.3, -0.25) is 24.2 Å². The van der Waals surface area contributed by atoms with Crippen LogP contribution in [0.1, 0.15) is 61.3 Å². The number of ether oxygens (including phenoxy) is 1. The molecule has 2 aromatic rings. The number of aliphatic carboxylic acids is 3. The fourth-order valence-corrected chi connectivity index (χ4v) is 12.6. The van der Waals surface area contributed by atoms with Crippen molar-refractivity contribution in [2.75, 3.05) is 23.7 Å². The molecule has 5 aliphatic rings. The monoisotopic (exact) mass is 950 g/mol. The summed E-state index contributed by atoms with van der Waals surface area (Å²) in [4.78, 5) is 108. The first-order chi connectivity index (χ1) is 31.2. The fourth-order valence-electron chi connectivity index (χ4n) is 9.46. The van der Waals surface area contributed by atoms with Crippen molar-refractivity contribution < 1.29 is 68.6 Å². The van der Waals surface area contributed by atoms with Crippen molar-refractivity contribution in [1.29, 1.82) is 0 Å². The SMILES string of the molecule is C[C@@H]1C([C@H](C(=O)O)[C@@H](C)OC(=O)c2cccc(NC(=O)[C@@H]3C[C@H](SC4=C(C(=O)O)N5C(=O)[C@H]([C@@H](C)O)[C@H]5[C@H]4C)CN3)c2)N=C(C(=O)O)[C@@H]1S[C@@H]1CN[C@H](C(=O)Nc2cccc(C(=O)O)c2)C1. The zero-order chi connectivity index (χ0) is 47.9. The number of thioether (sulfide) groups is 2. The summed E-state index contributed by atoms with van der Waals surface area (Å²) in [7, 11) is 0. The average molecular weight is 951 g/mol. The van der Waals surface area contributed by atoms with Gasteiger partial charge in [-0.15, -0.1) is 23.5 Å². The Morgan fingerprint density at radius 2 is 1.39 bits per heavy atom. The van der Waals surface area contributed by atoms with Gasteiger partial charge >= 0.3 is 29.8 Å². The number of β-lactam (4-membered cyclic amide) rings is 1. The lowest BCUT2D eigenvalue weighted by Crippen LogP contribution is -2.63. The Hall–Kier alpha value is -5.81. The number of aliphatic imine (C=N–C) groups is 1. The Morgan fingerprint density at radius 1 is 0.818 bits per heavy atom. The smallest absolute Gasteiger partial charge is 0.353 e. The van der Waals surface area contributed by atoms with Crippen molar-refractivity contribution in [3.05, 3.63) is 70.3 Å². The third kappa shape index (κ3) is 9.68. The van der Waals surface area contributed by atoms with E-state index in [4.69, 9.17) is 4.74 Å². The molecular weight excluding hydrogens is 901 g/mol. The quantitative estimate of drug-likeness (QED) is 0.0811. The van der Waals surface area contributed by atoms with Crippen LogP contribution in [0.5, 0.6) is 0 Å². The van der Waals surface area contributed by atoms with Gasteiger partial charge in [0.1, 0.15) is 23.4 Å². The van der Waals surface area contributed by atoms with Crippen molar-refractivity contribution in [3.8, 4) is 0 Å². The first-order valence-corrected chi connectivity index (χ1v) is 23.1. The van der Waals surface area contributed by atoms with Crippen LogP contribution in [0, 0.1) is 23.7 Å². The molecule has 5 aliphatic heterocycles. The number of nitrogens with zero attached hydrogens (tertiary/aromatic N) is 2. The zero-order valence-electron chi connectivity index (χ0n) is 36.1. The maximum Gasteiger partial charge on any atom is 0.353 e. The van der Waals surface area contributed by atoms with E-state index in [0.29, 0.717) is 36.5 Å². The molecule has 5 heterocycles. The molecule has 66 heavy (non-hydrogen) atoms. The predicted molar refractivity (Wildman–Crippen MR) is 240 cm³/mol. The van der Waals surface area contributed by atoms with Crippen LogP contribution in [-0.4, -0.2) is 149 Å². The lowest BCUT2D eigenvalue weighted by Gasteiger charge is -2.46. The highest BCUT2D eigenvalue weighted by atomic mass is 32.2. The van der Waals surface area contributed by atoms with Crippen LogP contribution < -0.4 is 21.3 Å². The number of carboxylic acid groups (broad SMARTS) is 4. The minimum atomic E-state index is -1.45. The number of amides is 3. The largest absolute Gasteiger partial charge is 0.481 e. The number of hydrogen-bond donors (Lipinski definition) is 9. The first-order valence-electron chi connectivity index (χ1n) is 21.3. The number of esters is 1. The molecule has 0 saturated carbocycles. The molecule has 22 heteroatoms. The molecule has 3 amide bonds. The summed E-state index contributed by atoms with van der Waals surface area (Å²) in [6.45, 7) is 7.08. The van der Waals surface area contributed by atoms with E-state index < -0.39 is 107 Å². The third-order valence-electron chi connectivity index (χ3n) is 12.7. The number of anilines is 2. The predicted octanol–water partition coefficient (Wildman–Crippen LogP) is 2.20. The molecule has 9 N–H and O–H groups in total. The molecule has 7 rings (SSSR count). The lowest BCUT2D eigenvalue weighted by atomic mass is 9.79. The number of carbonyl (C=O) groups is 8. The number of rotatable bonds is 17. The highest BCUT2D eigenvalue weighted by molar-refractivity contribution is 8.03. The Balaban J connectivity index is 0.939. The highest BCUT2D eigenvalue weighted by Crippen LogP contribution is 2.52. The van der Waals surface area contributed by atoms with E-state index in [1.807, 2.05) is 6.92 Å². The molecule has 3 fully saturated rings. The number of nitrogens with one attached hydrogen (secondary N) is 4. The molecule has 0 bridgehead atoms. The maximum absolute atomic E-state index is 13.5. The number of aliphatic hydroxyl groups excluding tert-OH is 1. The van der Waals surface area contributed by atoms with Gasteiger partial charge < -0.3 is 56.4 Å². The standard InChI is InChI=1S/C44H50N6O14S2/c1-17-31(49-32(42(59)60)35(17)65-25-13-27(45-15-25)37(52)47-23-9-5-7-21(11-23)40(55)56)30(41(57)58)20(4)64-44(63)22-8-6-10-24(12-22)48-38(53)28-14-26(16-46-28)66-36-18(2)33-29(19(3)51)39(54)50(33)34(36)43(61)62/h5-12,17-20,25-31,33,35,45-46,51H,13-16H2,1-4H3,(H,47,52)(H,48,53)(H,55,56)(H,57,58)(H,59,60)(H,61,62)/t17-,18-,19-,20-,25+,26+,27+,28+,29-,30-,31?,33-,35-/m1/s1. The Kier molecular flexibility index (Phi) is 14.3. The molecule has 0 spiro atoms. The van der Waals surface area contributed by atoms with E-state index in [-0.39, 0.29) is 44.6 Å². The van der Waals surface area contributed by atoms with Crippen LogP contribution in [0.2, 0.25) is 0 Å². The number of carbonyl (C=O) groups excluding carboxylic acids is 4. The Bertz CT molecular complexity index is 2410. The van der Waals surface area contributed by atoms with Gasteiger partial charge in [-0.25, -0.2) is 19.2 Å². The molecule has 3 saturated heterocycles. The van der Waals surface area contributed by atoms with E-state index in [9.17, 15) is 63.9 Å². The maximum atomic E-state index is 13.5. The van der Waals surface area contributed by atoms with Crippen molar-refractivity contribution in [2.45, 2.75) is 92.7 Å². The van der Waals surface area contributed by atoms with Crippen molar-refractivity contribution in [2.24, 2.45) is 28.7 Å².